The molecular formula is C38H38F3N5O6. The second kappa shape index (κ2) is 16.6. The molecule has 4 aromatic rings. The zero-order valence-corrected chi connectivity index (χ0v) is 28.9. The smallest absolute Gasteiger partial charge is 0.255 e. The minimum Gasteiger partial charge on any atom is -0.497 e. The Balaban J connectivity index is 1.09. The molecule has 3 aromatic carbocycles. The fraction of sp³-hybridized carbons (Fsp3) is 0.316. The number of ether oxygens (including phenoxy) is 4. The van der Waals surface area contributed by atoms with Gasteiger partial charge in [-0.3, -0.25) is 20.6 Å². The van der Waals surface area contributed by atoms with E-state index in [1.54, 1.807) is 32.2 Å². The van der Waals surface area contributed by atoms with Crippen LogP contribution in [-0.4, -0.2) is 49.0 Å². The number of carbonyl (C=O) groups is 1. The average molecular weight is 718 g/mol. The third-order valence-electron chi connectivity index (χ3n) is 8.50. The van der Waals surface area contributed by atoms with Crippen LogP contribution in [0.25, 0.3) is 0 Å². The van der Waals surface area contributed by atoms with Crippen LogP contribution in [-0.2, 0) is 33.9 Å². The van der Waals surface area contributed by atoms with Crippen molar-refractivity contribution in [1.82, 2.24) is 16.0 Å². The normalized spacial score (nSPS) is 17.3. The molecular weight excluding hydrogens is 679 g/mol. The molecule has 3 heterocycles. The number of aryl methyl sites for hydroxylation is 1. The van der Waals surface area contributed by atoms with Crippen LogP contribution >= 0.6 is 0 Å². The monoisotopic (exact) mass is 717 g/mol. The zero-order chi connectivity index (χ0) is 36.6. The molecule has 1 aromatic heterocycles. The number of aromatic nitrogens is 1. The average Bonchev–Trinajstić information content (AvgIpc) is 3.84. The SMILES string of the molecule is COc1ccc(COc2cc(C(=N[C@@H]3CCOC3)NNC(=O)Cc3cc(F)c(C4=NC(OCc5ccc(C)cc5F)=CCC4C)cc3F)on2)cc1. The first-order valence-corrected chi connectivity index (χ1v) is 16.7. The summed E-state index contributed by atoms with van der Waals surface area (Å²) in [7, 11) is 1.59. The van der Waals surface area contributed by atoms with Gasteiger partial charge in [0.05, 0.1) is 38.0 Å². The van der Waals surface area contributed by atoms with Crippen LogP contribution in [0.4, 0.5) is 13.2 Å². The number of nitrogens with one attached hydrogen (secondary N) is 2. The minimum atomic E-state index is -0.786. The van der Waals surface area contributed by atoms with E-state index in [1.165, 1.54) is 12.1 Å². The lowest BCUT2D eigenvalue weighted by Gasteiger charge is -2.21. The lowest BCUT2D eigenvalue weighted by molar-refractivity contribution is -0.121. The number of hydrogen-bond acceptors (Lipinski definition) is 9. The highest BCUT2D eigenvalue weighted by molar-refractivity contribution is 6.03. The van der Waals surface area contributed by atoms with Crippen molar-refractivity contribution in [2.45, 2.75) is 52.4 Å². The van der Waals surface area contributed by atoms with Crippen LogP contribution in [0.2, 0.25) is 0 Å². The van der Waals surface area contributed by atoms with E-state index in [-0.39, 0.29) is 65.4 Å². The van der Waals surface area contributed by atoms with Gasteiger partial charge in [-0.1, -0.05) is 31.2 Å². The molecule has 0 spiro atoms. The Morgan fingerprint density at radius 2 is 1.77 bits per heavy atom. The zero-order valence-electron chi connectivity index (χ0n) is 28.9. The van der Waals surface area contributed by atoms with Crippen LogP contribution in [0.1, 0.15) is 53.3 Å². The lowest BCUT2D eigenvalue weighted by atomic mass is 9.92. The van der Waals surface area contributed by atoms with Gasteiger partial charge in [0.25, 0.3) is 5.88 Å². The Bertz CT molecular complexity index is 1990. The number of halogens is 3. The van der Waals surface area contributed by atoms with Gasteiger partial charge >= 0.3 is 0 Å². The molecule has 2 atom stereocenters. The Labute approximate surface area is 298 Å². The number of aliphatic imine (C=N–C) groups is 2. The van der Waals surface area contributed by atoms with Crippen molar-refractivity contribution >= 4 is 17.5 Å². The number of allylic oxidation sites excluding steroid dienone is 1. The predicted octanol–water partition coefficient (Wildman–Crippen LogP) is 6.27. The molecule has 0 aliphatic carbocycles. The number of benzene rings is 3. The molecule has 52 heavy (non-hydrogen) atoms. The van der Waals surface area contributed by atoms with E-state index < -0.39 is 29.8 Å². The first-order valence-electron chi connectivity index (χ1n) is 16.7. The fourth-order valence-electron chi connectivity index (χ4n) is 5.55. The summed E-state index contributed by atoms with van der Waals surface area (Å²) in [6, 6.07) is 15.5. The van der Waals surface area contributed by atoms with E-state index in [1.807, 2.05) is 31.2 Å². The van der Waals surface area contributed by atoms with E-state index >= 15 is 8.78 Å². The quantitative estimate of drug-likeness (QED) is 0.0997. The topological polar surface area (TPSA) is 129 Å². The maximum absolute atomic E-state index is 15.5. The molecule has 2 N–H and O–H groups in total. The van der Waals surface area contributed by atoms with Gasteiger partial charge in [-0.05, 0) is 72.5 Å². The van der Waals surface area contributed by atoms with Gasteiger partial charge in [-0.25, -0.2) is 18.2 Å². The van der Waals surface area contributed by atoms with Crippen LogP contribution < -0.4 is 20.3 Å². The molecule has 1 fully saturated rings. The first kappa shape index (κ1) is 36.2. The Morgan fingerprint density at radius 3 is 2.52 bits per heavy atom. The van der Waals surface area contributed by atoms with Crippen molar-refractivity contribution in [3.8, 4) is 11.6 Å². The molecule has 272 valence electrons. The van der Waals surface area contributed by atoms with Gasteiger partial charge in [-0.15, -0.1) is 0 Å². The molecule has 1 amide bonds. The highest BCUT2D eigenvalue weighted by atomic mass is 19.1. The molecule has 6 rings (SSSR count). The van der Waals surface area contributed by atoms with Crippen LogP contribution in [0.5, 0.6) is 11.6 Å². The van der Waals surface area contributed by atoms with Gasteiger partial charge in [0.2, 0.25) is 17.6 Å². The molecule has 1 unspecified atom stereocenters. The van der Waals surface area contributed by atoms with Gasteiger partial charge in [-0.2, -0.15) is 0 Å². The van der Waals surface area contributed by atoms with Crippen LogP contribution in [0.3, 0.4) is 0 Å². The molecule has 0 radical (unpaired) electrons. The summed E-state index contributed by atoms with van der Waals surface area (Å²) in [6.45, 7) is 4.68. The van der Waals surface area contributed by atoms with E-state index in [2.05, 4.69) is 26.0 Å². The highest BCUT2D eigenvalue weighted by Crippen LogP contribution is 2.27. The van der Waals surface area contributed by atoms with E-state index in [0.717, 1.165) is 29.0 Å². The Hall–Kier alpha value is -5.63. The van der Waals surface area contributed by atoms with Crippen LogP contribution in [0, 0.1) is 30.3 Å². The summed E-state index contributed by atoms with van der Waals surface area (Å²) in [5.41, 5.74) is 7.31. The number of amidine groups is 1. The summed E-state index contributed by atoms with van der Waals surface area (Å²) in [5.74, 6) is -1.41. The Kier molecular flexibility index (Phi) is 11.5. The minimum absolute atomic E-state index is 0.0495. The van der Waals surface area contributed by atoms with Crippen molar-refractivity contribution in [3.63, 3.8) is 0 Å². The summed E-state index contributed by atoms with van der Waals surface area (Å²) in [4.78, 5) is 22.0. The number of amides is 1. The summed E-state index contributed by atoms with van der Waals surface area (Å²) in [6.07, 6.45) is 2.36. The number of hydrogen-bond donors (Lipinski definition) is 2. The van der Waals surface area contributed by atoms with Gasteiger partial charge in [0.15, 0.2) is 5.84 Å². The number of rotatable bonds is 12. The molecule has 14 heteroatoms. The molecule has 11 nitrogen and oxygen atoms in total. The van der Waals surface area contributed by atoms with Gasteiger partial charge < -0.3 is 23.5 Å². The molecule has 0 bridgehead atoms. The van der Waals surface area contributed by atoms with E-state index in [0.29, 0.717) is 31.6 Å². The second-order valence-electron chi connectivity index (χ2n) is 12.5. The maximum atomic E-state index is 15.5. The van der Waals surface area contributed by atoms with Crippen molar-refractivity contribution in [3.05, 3.63) is 124 Å². The van der Waals surface area contributed by atoms with E-state index in [9.17, 15) is 9.18 Å². The summed E-state index contributed by atoms with van der Waals surface area (Å²) < 4.78 is 72.7. The lowest BCUT2D eigenvalue weighted by Crippen LogP contribution is -2.43. The molecule has 1 saturated heterocycles. The largest absolute Gasteiger partial charge is 0.497 e. The van der Waals surface area contributed by atoms with Crippen molar-refractivity contribution in [2.75, 3.05) is 20.3 Å². The van der Waals surface area contributed by atoms with Crippen LogP contribution in [0.15, 0.2) is 87.1 Å². The van der Waals surface area contributed by atoms with E-state index in [4.69, 9.17) is 23.5 Å². The van der Waals surface area contributed by atoms with Gasteiger partial charge in [0, 0.05) is 29.2 Å². The highest BCUT2D eigenvalue weighted by Gasteiger charge is 2.24. The molecule has 2 aliphatic rings. The van der Waals surface area contributed by atoms with Gasteiger partial charge in [0.1, 0.15) is 36.4 Å². The maximum Gasteiger partial charge on any atom is 0.255 e. The summed E-state index contributed by atoms with van der Waals surface area (Å²) in [5, 5.41) is 3.95. The summed E-state index contributed by atoms with van der Waals surface area (Å²) >= 11 is 0. The number of nitrogens with zero attached hydrogens (tertiary/aromatic N) is 3. The molecule has 2 aliphatic heterocycles. The third-order valence-corrected chi connectivity index (χ3v) is 8.50. The molecule has 0 saturated carbocycles. The standard InChI is InChI=1S/C38H38F3N5O6/c1-22-4-8-25(30(39)14-22)20-51-35-11-5-23(2)37(43-35)29-17-31(40)26(15-32(29)41)16-34(47)44-45-38(42-27-12-13-49-21-27)33-18-36(46-52-33)50-19-24-6-9-28(48-3)10-7-24/h4,6-11,14-15,17-18,23,27H,5,12-13,16,19-21H2,1-3H3,(H,42,45)(H,44,47)/t23?,27-/m1/s1. The van der Waals surface area contributed by atoms with Crippen molar-refractivity contribution in [2.24, 2.45) is 15.9 Å². The Morgan fingerprint density at radius 1 is 0.962 bits per heavy atom. The van der Waals surface area contributed by atoms with Crippen molar-refractivity contribution < 1.29 is 41.4 Å². The number of carbonyl (C=O) groups excluding carboxylic acids is 1. The number of hydrazine groups is 1. The first-order chi connectivity index (χ1) is 25.1. The number of methoxy groups -OCH3 is 1. The third kappa shape index (κ3) is 9.18. The fourth-order valence-corrected chi connectivity index (χ4v) is 5.55. The second-order valence-corrected chi connectivity index (χ2v) is 12.5. The van der Waals surface area contributed by atoms with Crippen molar-refractivity contribution in [1.29, 1.82) is 0 Å². The predicted molar refractivity (Wildman–Crippen MR) is 185 cm³/mol.